The van der Waals surface area contributed by atoms with Crippen LogP contribution in [0.4, 0.5) is 0 Å². The molecule has 1 aromatic heterocycles. The van der Waals surface area contributed by atoms with Crippen molar-refractivity contribution in [3.05, 3.63) is 95.7 Å². The Hall–Kier alpha value is -3.67. The fourth-order valence-electron chi connectivity index (χ4n) is 3.16. The molecule has 3 rings (SSSR count). The summed E-state index contributed by atoms with van der Waals surface area (Å²) < 4.78 is 10.6. The van der Waals surface area contributed by atoms with Gasteiger partial charge < -0.3 is 14.4 Å². The number of carbonyl (C=O) groups excluding carboxylic acids is 2. The summed E-state index contributed by atoms with van der Waals surface area (Å²) >= 11 is 0. The van der Waals surface area contributed by atoms with Crippen LogP contribution in [0.2, 0.25) is 0 Å². The zero-order chi connectivity index (χ0) is 22.1. The van der Waals surface area contributed by atoms with E-state index in [2.05, 4.69) is 4.98 Å². The summed E-state index contributed by atoms with van der Waals surface area (Å²) in [6.45, 7) is 2.73. The average Bonchev–Trinajstić information content (AvgIpc) is 2.82. The molecule has 0 radical (unpaired) electrons. The first-order valence-corrected chi connectivity index (χ1v) is 10.1. The van der Waals surface area contributed by atoms with Crippen molar-refractivity contribution in [3.8, 4) is 5.88 Å². The van der Waals surface area contributed by atoms with Gasteiger partial charge >= 0.3 is 5.97 Å². The van der Waals surface area contributed by atoms with Gasteiger partial charge in [-0.25, -0.2) is 4.98 Å². The molecule has 0 saturated heterocycles. The van der Waals surface area contributed by atoms with E-state index < -0.39 is 5.92 Å². The zero-order valence-corrected chi connectivity index (χ0v) is 17.7. The Balaban J connectivity index is 1.76. The summed E-state index contributed by atoms with van der Waals surface area (Å²) in [5, 5.41) is 0. The van der Waals surface area contributed by atoms with Gasteiger partial charge in [-0.05, 0) is 17.2 Å². The molecule has 2 aromatic carbocycles. The molecule has 3 aromatic rings. The molecule has 0 spiro atoms. The SMILES string of the molecule is COC(=O)C(C)CN(Cc1ccccc1)C(=O)c1ccnc(OCc2ccccc2)c1. The van der Waals surface area contributed by atoms with E-state index in [1.54, 1.807) is 30.2 Å². The number of carbonyl (C=O) groups is 2. The Labute approximate surface area is 182 Å². The topological polar surface area (TPSA) is 68.7 Å². The summed E-state index contributed by atoms with van der Waals surface area (Å²) in [5.41, 5.74) is 2.44. The number of hydrogen-bond acceptors (Lipinski definition) is 5. The fraction of sp³-hybridized carbons (Fsp3) is 0.240. The van der Waals surface area contributed by atoms with Gasteiger partial charge in [0.15, 0.2) is 0 Å². The van der Waals surface area contributed by atoms with E-state index in [0.717, 1.165) is 11.1 Å². The van der Waals surface area contributed by atoms with Crippen LogP contribution in [-0.4, -0.2) is 35.4 Å². The van der Waals surface area contributed by atoms with Gasteiger partial charge in [0.1, 0.15) is 6.61 Å². The van der Waals surface area contributed by atoms with Crippen LogP contribution in [0, 0.1) is 5.92 Å². The van der Waals surface area contributed by atoms with E-state index >= 15 is 0 Å². The minimum absolute atomic E-state index is 0.202. The molecule has 1 amide bonds. The van der Waals surface area contributed by atoms with Crippen molar-refractivity contribution < 1.29 is 19.1 Å². The van der Waals surface area contributed by atoms with Crippen molar-refractivity contribution in [2.75, 3.05) is 13.7 Å². The summed E-state index contributed by atoms with van der Waals surface area (Å²) in [5.74, 6) is -0.636. The van der Waals surface area contributed by atoms with Crippen molar-refractivity contribution in [3.63, 3.8) is 0 Å². The Morgan fingerprint density at radius 1 is 0.968 bits per heavy atom. The van der Waals surface area contributed by atoms with E-state index in [4.69, 9.17) is 9.47 Å². The average molecular weight is 418 g/mol. The molecule has 1 atom stereocenters. The Morgan fingerprint density at radius 2 is 1.61 bits per heavy atom. The maximum absolute atomic E-state index is 13.3. The lowest BCUT2D eigenvalue weighted by molar-refractivity contribution is -0.145. The highest BCUT2D eigenvalue weighted by Crippen LogP contribution is 2.17. The van der Waals surface area contributed by atoms with E-state index in [-0.39, 0.29) is 18.4 Å². The van der Waals surface area contributed by atoms with Crippen LogP contribution in [0.25, 0.3) is 0 Å². The summed E-state index contributed by atoms with van der Waals surface area (Å²) in [6, 6.07) is 22.7. The number of pyridine rings is 1. The van der Waals surface area contributed by atoms with Gasteiger partial charge in [0, 0.05) is 30.9 Å². The highest BCUT2D eigenvalue weighted by Gasteiger charge is 2.23. The molecule has 0 aliphatic carbocycles. The number of aromatic nitrogens is 1. The molecule has 6 heteroatoms. The lowest BCUT2D eigenvalue weighted by Crippen LogP contribution is -2.36. The zero-order valence-electron chi connectivity index (χ0n) is 17.7. The maximum Gasteiger partial charge on any atom is 0.310 e. The molecule has 0 fully saturated rings. The van der Waals surface area contributed by atoms with Crippen molar-refractivity contribution in [2.45, 2.75) is 20.1 Å². The molecule has 0 N–H and O–H groups in total. The smallest absolute Gasteiger partial charge is 0.310 e. The van der Waals surface area contributed by atoms with Crippen LogP contribution in [0.3, 0.4) is 0 Å². The van der Waals surface area contributed by atoms with Crippen LogP contribution in [-0.2, 0) is 22.7 Å². The quantitative estimate of drug-likeness (QED) is 0.489. The van der Waals surface area contributed by atoms with Crippen LogP contribution in [0.5, 0.6) is 5.88 Å². The van der Waals surface area contributed by atoms with Gasteiger partial charge in [-0.15, -0.1) is 0 Å². The minimum Gasteiger partial charge on any atom is -0.473 e. The molecule has 0 saturated carbocycles. The lowest BCUT2D eigenvalue weighted by atomic mass is 10.1. The van der Waals surface area contributed by atoms with Gasteiger partial charge in [-0.2, -0.15) is 0 Å². The van der Waals surface area contributed by atoms with E-state index in [0.29, 0.717) is 24.6 Å². The predicted molar refractivity (Wildman–Crippen MR) is 117 cm³/mol. The number of amides is 1. The van der Waals surface area contributed by atoms with Crippen LogP contribution in [0.1, 0.15) is 28.4 Å². The number of benzene rings is 2. The van der Waals surface area contributed by atoms with Crippen molar-refractivity contribution >= 4 is 11.9 Å². The fourth-order valence-corrected chi connectivity index (χ4v) is 3.16. The monoisotopic (exact) mass is 418 g/mol. The second-order valence-corrected chi connectivity index (χ2v) is 7.25. The number of nitrogens with zero attached hydrogens (tertiary/aromatic N) is 2. The molecular weight excluding hydrogens is 392 g/mol. The second-order valence-electron chi connectivity index (χ2n) is 7.25. The second kappa shape index (κ2) is 10.9. The Morgan fingerprint density at radius 3 is 2.26 bits per heavy atom. The minimum atomic E-state index is -0.451. The molecule has 31 heavy (non-hydrogen) atoms. The van der Waals surface area contributed by atoms with Gasteiger partial charge in [0.25, 0.3) is 5.91 Å². The molecule has 1 heterocycles. The van der Waals surface area contributed by atoms with Gasteiger partial charge in [0.05, 0.1) is 13.0 Å². The largest absolute Gasteiger partial charge is 0.473 e. The highest BCUT2D eigenvalue weighted by atomic mass is 16.5. The Bertz CT molecular complexity index is 993. The summed E-state index contributed by atoms with van der Waals surface area (Å²) in [7, 11) is 1.35. The standard InChI is InChI=1S/C25H26N2O4/c1-19(25(29)30-2)16-27(17-20-9-5-3-6-10-20)24(28)22-13-14-26-23(15-22)31-18-21-11-7-4-8-12-21/h3-15,19H,16-18H2,1-2H3. The molecule has 6 nitrogen and oxygen atoms in total. The first kappa shape index (κ1) is 22.0. The third kappa shape index (κ3) is 6.40. The number of esters is 1. The summed E-state index contributed by atoms with van der Waals surface area (Å²) in [4.78, 5) is 31.1. The van der Waals surface area contributed by atoms with Crippen LogP contribution < -0.4 is 4.74 Å². The van der Waals surface area contributed by atoms with E-state index in [9.17, 15) is 9.59 Å². The Kier molecular flexibility index (Phi) is 7.76. The van der Waals surface area contributed by atoms with Crippen molar-refractivity contribution in [1.82, 2.24) is 9.88 Å². The van der Waals surface area contributed by atoms with Gasteiger partial charge in [-0.1, -0.05) is 67.6 Å². The molecule has 160 valence electrons. The first-order chi connectivity index (χ1) is 15.1. The third-order valence-corrected chi connectivity index (χ3v) is 4.81. The number of hydrogen-bond donors (Lipinski definition) is 0. The highest BCUT2D eigenvalue weighted by molar-refractivity contribution is 5.94. The lowest BCUT2D eigenvalue weighted by Gasteiger charge is -2.25. The van der Waals surface area contributed by atoms with Crippen LogP contribution >= 0.6 is 0 Å². The van der Waals surface area contributed by atoms with Gasteiger partial charge in [-0.3, -0.25) is 9.59 Å². The number of methoxy groups -OCH3 is 1. The normalized spacial score (nSPS) is 11.4. The number of ether oxygens (including phenoxy) is 2. The molecule has 0 aliphatic heterocycles. The third-order valence-electron chi connectivity index (χ3n) is 4.81. The summed E-state index contributed by atoms with van der Waals surface area (Å²) in [6.07, 6.45) is 1.55. The molecule has 1 unspecified atom stereocenters. The number of rotatable bonds is 9. The molecule has 0 bridgehead atoms. The van der Waals surface area contributed by atoms with Crippen LogP contribution in [0.15, 0.2) is 79.0 Å². The van der Waals surface area contributed by atoms with Gasteiger partial charge in [0.2, 0.25) is 5.88 Å². The van der Waals surface area contributed by atoms with Crippen molar-refractivity contribution in [1.29, 1.82) is 0 Å². The van der Waals surface area contributed by atoms with E-state index in [1.165, 1.54) is 7.11 Å². The molecular formula is C25H26N2O4. The maximum atomic E-state index is 13.3. The molecule has 0 aliphatic rings. The first-order valence-electron chi connectivity index (χ1n) is 10.1. The predicted octanol–water partition coefficient (Wildman–Crippen LogP) is 4.11. The van der Waals surface area contributed by atoms with E-state index in [1.807, 2.05) is 60.7 Å². The van der Waals surface area contributed by atoms with Crippen molar-refractivity contribution in [2.24, 2.45) is 5.92 Å².